The van der Waals surface area contributed by atoms with E-state index in [1.165, 1.54) is 0 Å². The number of carbonyl (C=O) groups is 1. The molecule has 0 saturated heterocycles. The molecule has 1 heterocycles. The van der Waals surface area contributed by atoms with Crippen LogP contribution in [0, 0.1) is 0 Å². The number of nitrogens with zero attached hydrogens (tertiary/aromatic N) is 4. The van der Waals surface area contributed by atoms with Gasteiger partial charge < -0.3 is 14.6 Å². The summed E-state index contributed by atoms with van der Waals surface area (Å²) in [7, 11) is 0. The van der Waals surface area contributed by atoms with Crippen LogP contribution in [0.3, 0.4) is 0 Å². The Kier molecular flexibility index (Phi) is 12.4. The summed E-state index contributed by atoms with van der Waals surface area (Å²) in [6.07, 6.45) is 0.381. The molecule has 0 bridgehead atoms. The maximum atomic E-state index is 14.5. The molecule has 1 aliphatic heterocycles. The Hall–Kier alpha value is -4.09. The van der Waals surface area contributed by atoms with Crippen molar-refractivity contribution in [3.63, 3.8) is 0 Å². The molecule has 4 aromatic carbocycles. The average molecular weight is 752 g/mol. The predicted molar refractivity (Wildman–Crippen MR) is 190 cm³/mol. The SMILES string of the molecule is [N-]=[N+]=NCc1ccccc1C[C@]1(C(=O)NNCCc2ccc(Cl)cc2Cl)N=C(c2ccc(OCCCO)cc2)O[C@H]1c1ccc(Br)cc1. The fourth-order valence-electron chi connectivity index (χ4n) is 5.37. The quantitative estimate of drug-likeness (QED) is 0.0376. The Morgan fingerprint density at radius 1 is 1.04 bits per heavy atom. The van der Waals surface area contributed by atoms with Crippen LogP contribution < -0.4 is 15.6 Å². The minimum Gasteiger partial charge on any atom is -0.494 e. The zero-order chi connectivity index (χ0) is 33.9. The lowest BCUT2D eigenvalue weighted by atomic mass is 9.81. The lowest BCUT2D eigenvalue weighted by Crippen LogP contribution is -2.54. The van der Waals surface area contributed by atoms with E-state index in [2.05, 4.69) is 36.8 Å². The van der Waals surface area contributed by atoms with Crippen LogP contribution in [0.25, 0.3) is 10.4 Å². The van der Waals surface area contributed by atoms with Gasteiger partial charge in [-0.25, -0.2) is 10.4 Å². The summed E-state index contributed by atoms with van der Waals surface area (Å²) in [5, 5.41) is 14.0. The standard InChI is InChI=1S/C35H33BrCl2N6O4/c36-28-11-6-24(7-12-28)32-35(21-26-4-1-2-5-27(26)22-41-44-39,34(46)43-40-17-16-23-8-13-29(37)20-31(23)38)42-33(48-32)25-9-14-30(15-10-25)47-19-3-18-45/h1-2,4-15,20,32,40,45H,3,16-19,21-22H2,(H,43,46)/t32-,35-/m0/s1. The van der Waals surface area contributed by atoms with Crippen molar-refractivity contribution >= 4 is 50.9 Å². The van der Waals surface area contributed by atoms with E-state index in [1.807, 2.05) is 66.7 Å². The summed E-state index contributed by atoms with van der Waals surface area (Å²) in [6.45, 7) is 0.923. The van der Waals surface area contributed by atoms with Crippen molar-refractivity contribution in [3.05, 3.63) is 144 Å². The van der Waals surface area contributed by atoms with Crippen molar-refractivity contribution < 1.29 is 19.4 Å². The van der Waals surface area contributed by atoms with Gasteiger partial charge in [0.15, 0.2) is 11.6 Å². The van der Waals surface area contributed by atoms with Gasteiger partial charge in [0.05, 0.1) is 13.2 Å². The summed E-state index contributed by atoms with van der Waals surface area (Å²) in [4.78, 5) is 22.5. The number of aliphatic hydroxyl groups excluding tert-OH is 1. The zero-order valence-electron chi connectivity index (χ0n) is 25.8. The summed E-state index contributed by atoms with van der Waals surface area (Å²) < 4.78 is 13.2. The number of benzene rings is 4. The van der Waals surface area contributed by atoms with Crippen molar-refractivity contribution in [2.24, 2.45) is 10.1 Å². The number of amides is 1. The Labute approximate surface area is 296 Å². The summed E-state index contributed by atoms with van der Waals surface area (Å²) in [5.74, 6) is 0.520. The lowest BCUT2D eigenvalue weighted by Gasteiger charge is -2.31. The first-order chi connectivity index (χ1) is 23.3. The smallest absolute Gasteiger partial charge is 0.266 e. The molecule has 10 nitrogen and oxygen atoms in total. The Bertz CT molecular complexity index is 1800. The first kappa shape index (κ1) is 35.2. The van der Waals surface area contributed by atoms with Crippen LogP contribution in [0.4, 0.5) is 0 Å². The van der Waals surface area contributed by atoms with Gasteiger partial charge in [-0.2, -0.15) is 0 Å². The van der Waals surface area contributed by atoms with Gasteiger partial charge in [-0.05, 0) is 82.7 Å². The molecule has 1 aliphatic rings. The van der Waals surface area contributed by atoms with Crippen molar-refractivity contribution in [1.82, 2.24) is 10.9 Å². The molecular weight excluding hydrogens is 719 g/mol. The molecule has 248 valence electrons. The number of nitrogens with one attached hydrogen (secondary N) is 2. The number of hydrogen-bond donors (Lipinski definition) is 3. The van der Waals surface area contributed by atoms with E-state index in [4.69, 9.17) is 48.3 Å². The summed E-state index contributed by atoms with van der Waals surface area (Å²) in [6, 6.07) is 27.6. The average Bonchev–Trinajstić information content (AvgIpc) is 3.48. The topological polar surface area (TPSA) is 141 Å². The minimum absolute atomic E-state index is 0.0417. The Balaban J connectivity index is 1.51. The van der Waals surface area contributed by atoms with E-state index in [9.17, 15) is 4.79 Å². The molecular formula is C35H33BrCl2N6O4. The zero-order valence-corrected chi connectivity index (χ0v) is 28.9. The molecule has 3 N–H and O–H groups in total. The number of halogens is 3. The van der Waals surface area contributed by atoms with E-state index in [-0.39, 0.29) is 19.6 Å². The van der Waals surface area contributed by atoms with Gasteiger partial charge in [0, 0.05) is 51.0 Å². The van der Waals surface area contributed by atoms with E-state index >= 15 is 0 Å². The molecule has 48 heavy (non-hydrogen) atoms. The highest BCUT2D eigenvalue weighted by Gasteiger charge is 2.53. The second-order valence-corrected chi connectivity index (χ2v) is 12.8. The second kappa shape index (κ2) is 16.8. The molecule has 0 saturated carbocycles. The predicted octanol–water partition coefficient (Wildman–Crippen LogP) is 7.69. The van der Waals surface area contributed by atoms with Crippen LogP contribution in [0.15, 0.2) is 106 Å². The lowest BCUT2D eigenvalue weighted by molar-refractivity contribution is -0.130. The molecule has 2 atom stereocenters. The van der Waals surface area contributed by atoms with Crippen molar-refractivity contribution in [2.75, 3.05) is 19.8 Å². The number of azide groups is 1. The second-order valence-electron chi connectivity index (χ2n) is 11.0. The number of hydrazine groups is 1. The third-order valence-electron chi connectivity index (χ3n) is 7.82. The molecule has 0 aliphatic carbocycles. The summed E-state index contributed by atoms with van der Waals surface area (Å²) >= 11 is 15.9. The van der Waals surface area contributed by atoms with Gasteiger partial charge >= 0.3 is 0 Å². The van der Waals surface area contributed by atoms with E-state index < -0.39 is 17.6 Å². The third kappa shape index (κ3) is 8.68. The molecule has 13 heteroatoms. The van der Waals surface area contributed by atoms with E-state index in [1.54, 1.807) is 24.3 Å². The maximum absolute atomic E-state index is 14.5. The Morgan fingerprint density at radius 2 is 1.79 bits per heavy atom. The van der Waals surface area contributed by atoms with Crippen LogP contribution in [-0.4, -0.2) is 42.2 Å². The van der Waals surface area contributed by atoms with Gasteiger partial charge in [0.25, 0.3) is 5.91 Å². The molecule has 0 radical (unpaired) electrons. The number of aliphatic imine (C=N–C) groups is 1. The number of hydrogen-bond acceptors (Lipinski definition) is 7. The van der Waals surface area contributed by atoms with Crippen molar-refractivity contribution in [3.8, 4) is 5.75 Å². The van der Waals surface area contributed by atoms with Crippen LogP contribution in [0.5, 0.6) is 5.75 Å². The summed E-state index contributed by atoms with van der Waals surface area (Å²) in [5.41, 5.74) is 17.4. The first-order valence-corrected chi connectivity index (χ1v) is 16.8. The van der Waals surface area contributed by atoms with Gasteiger partial charge in [0.2, 0.25) is 5.90 Å². The molecule has 5 rings (SSSR count). The highest BCUT2D eigenvalue weighted by atomic mass is 79.9. The molecule has 4 aromatic rings. The normalized spacial score (nSPS) is 16.8. The largest absolute Gasteiger partial charge is 0.494 e. The van der Waals surface area contributed by atoms with Gasteiger partial charge in [-0.15, -0.1) is 0 Å². The van der Waals surface area contributed by atoms with Crippen LogP contribution in [0.2, 0.25) is 10.0 Å². The fourth-order valence-corrected chi connectivity index (χ4v) is 6.14. The van der Waals surface area contributed by atoms with Gasteiger partial charge in [-0.1, -0.05) is 86.7 Å². The van der Waals surface area contributed by atoms with Crippen molar-refractivity contribution in [1.29, 1.82) is 0 Å². The maximum Gasteiger partial charge on any atom is 0.266 e. The number of aliphatic hydroxyl groups is 1. The van der Waals surface area contributed by atoms with Crippen LogP contribution >= 0.6 is 39.1 Å². The molecule has 0 aromatic heterocycles. The Morgan fingerprint density at radius 3 is 2.50 bits per heavy atom. The van der Waals surface area contributed by atoms with Gasteiger partial charge in [0.1, 0.15) is 5.75 Å². The van der Waals surface area contributed by atoms with E-state index in [0.29, 0.717) is 53.2 Å². The molecule has 0 spiro atoms. The highest BCUT2D eigenvalue weighted by molar-refractivity contribution is 9.10. The van der Waals surface area contributed by atoms with Crippen LogP contribution in [-0.2, 0) is 28.9 Å². The first-order valence-electron chi connectivity index (χ1n) is 15.2. The minimum atomic E-state index is -1.48. The number of carbonyl (C=O) groups excluding carboxylic acids is 1. The molecule has 0 unspecified atom stereocenters. The number of rotatable bonds is 15. The highest BCUT2D eigenvalue weighted by Crippen LogP contribution is 2.43. The fraction of sp³-hybridized carbons (Fsp3) is 0.257. The number of ether oxygens (including phenoxy) is 2. The van der Waals surface area contributed by atoms with E-state index in [0.717, 1.165) is 26.7 Å². The molecule has 0 fully saturated rings. The third-order valence-corrected chi connectivity index (χ3v) is 8.94. The van der Waals surface area contributed by atoms with Gasteiger partial charge in [-0.3, -0.25) is 10.2 Å². The van der Waals surface area contributed by atoms with Crippen molar-refractivity contribution in [2.45, 2.75) is 37.5 Å². The van der Waals surface area contributed by atoms with Crippen LogP contribution in [0.1, 0.15) is 40.3 Å². The molecule has 1 amide bonds. The monoisotopic (exact) mass is 750 g/mol.